The number of halogens is 1. The molecule has 0 aliphatic rings. The molecule has 2 aromatic heterocycles. The van der Waals surface area contributed by atoms with Crippen molar-refractivity contribution in [2.75, 3.05) is 7.11 Å². The second kappa shape index (κ2) is 8.66. The Morgan fingerprint density at radius 2 is 1.97 bits per heavy atom. The Morgan fingerprint density at radius 1 is 1.21 bits per heavy atom. The van der Waals surface area contributed by atoms with Crippen LogP contribution >= 0.6 is 11.6 Å². The van der Waals surface area contributed by atoms with E-state index in [-0.39, 0.29) is 6.54 Å². The number of nitrogens with zero attached hydrogens (tertiary/aromatic N) is 2. The molecule has 7 heteroatoms. The summed E-state index contributed by atoms with van der Waals surface area (Å²) in [5.74, 6) is 0.579. The predicted octanol–water partition coefficient (Wildman–Crippen LogP) is 4.91. The number of carbonyl (C=O) groups excluding carboxylic acids is 1. The van der Waals surface area contributed by atoms with E-state index in [4.69, 9.17) is 21.1 Å². The molecule has 0 saturated carbocycles. The molecule has 0 aliphatic heterocycles. The number of methoxy groups -OCH3 is 1. The standard InChI is InChI=1S/C22H24ClN3O3/c1-22(2,3)29-21(27)25-13-19-17(23)10-14(12-24-19)9-16-11-15-7-5-6-8-18(15)26-20(16)28-4/h5-8,10-12H,9,13H2,1-4H3,(H,25,27). The molecule has 1 amide bonds. The van der Waals surface area contributed by atoms with E-state index in [1.54, 1.807) is 13.3 Å². The maximum absolute atomic E-state index is 11.8. The van der Waals surface area contributed by atoms with Crippen LogP contribution in [0, 0.1) is 0 Å². The average molecular weight is 414 g/mol. The van der Waals surface area contributed by atoms with E-state index in [1.807, 2.05) is 51.1 Å². The number of rotatable bonds is 5. The number of pyridine rings is 2. The maximum atomic E-state index is 11.8. The van der Waals surface area contributed by atoms with Crippen LogP contribution in [0.2, 0.25) is 5.02 Å². The van der Waals surface area contributed by atoms with Gasteiger partial charge >= 0.3 is 6.09 Å². The van der Waals surface area contributed by atoms with E-state index in [9.17, 15) is 4.79 Å². The molecule has 1 N–H and O–H groups in total. The van der Waals surface area contributed by atoms with E-state index in [0.29, 0.717) is 23.0 Å². The van der Waals surface area contributed by atoms with Crippen LogP contribution in [-0.2, 0) is 17.7 Å². The number of amides is 1. The highest BCUT2D eigenvalue weighted by atomic mass is 35.5. The van der Waals surface area contributed by atoms with E-state index >= 15 is 0 Å². The van der Waals surface area contributed by atoms with Gasteiger partial charge in [0, 0.05) is 23.6 Å². The number of aromatic nitrogens is 2. The molecule has 152 valence electrons. The summed E-state index contributed by atoms with van der Waals surface area (Å²) in [5, 5.41) is 4.19. The van der Waals surface area contributed by atoms with E-state index in [0.717, 1.165) is 22.0 Å². The van der Waals surface area contributed by atoms with Gasteiger partial charge in [0.15, 0.2) is 0 Å². The molecule has 0 unspecified atom stereocenters. The van der Waals surface area contributed by atoms with Crippen LogP contribution in [0.3, 0.4) is 0 Å². The molecule has 0 spiro atoms. The number of alkyl carbamates (subject to hydrolysis) is 1. The van der Waals surface area contributed by atoms with Crippen LogP contribution in [0.25, 0.3) is 10.9 Å². The highest BCUT2D eigenvalue weighted by Crippen LogP contribution is 2.25. The number of nitrogens with one attached hydrogen (secondary N) is 1. The first-order chi connectivity index (χ1) is 13.7. The summed E-state index contributed by atoms with van der Waals surface area (Å²) in [5.41, 5.74) is 2.77. The zero-order valence-electron chi connectivity index (χ0n) is 17.0. The largest absolute Gasteiger partial charge is 0.481 e. The number of benzene rings is 1. The van der Waals surface area contributed by atoms with Crippen molar-refractivity contribution in [1.29, 1.82) is 0 Å². The minimum Gasteiger partial charge on any atom is -0.481 e. The summed E-state index contributed by atoms with van der Waals surface area (Å²) in [6.45, 7) is 5.61. The van der Waals surface area contributed by atoms with Crippen molar-refractivity contribution < 1.29 is 14.3 Å². The first kappa shape index (κ1) is 20.9. The quantitative estimate of drug-likeness (QED) is 0.643. The highest BCUT2D eigenvalue weighted by molar-refractivity contribution is 6.31. The Morgan fingerprint density at radius 3 is 2.66 bits per heavy atom. The Kier molecular flexibility index (Phi) is 6.23. The second-order valence-corrected chi connectivity index (χ2v) is 8.06. The summed E-state index contributed by atoms with van der Waals surface area (Å²) < 4.78 is 10.7. The second-order valence-electron chi connectivity index (χ2n) is 7.65. The highest BCUT2D eigenvalue weighted by Gasteiger charge is 2.16. The third-order valence-electron chi connectivity index (χ3n) is 4.12. The zero-order valence-corrected chi connectivity index (χ0v) is 17.7. The van der Waals surface area contributed by atoms with Crippen molar-refractivity contribution in [2.24, 2.45) is 0 Å². The third-order valence-corrected chi connectivity index (χ3v) is 4.45. The van der Waals surface area contributed by atoms with Crippen molar-refractivity contribution in [2.45, 2.75) is 39.3 Å². The summed E-state index contributed by atoms with van der Waals surface area (Å²) in [6.07, 6.45) is 1.81. The lowest BCUT2D eigenvalue weighted by molar-refractivity contribution is 0.0523. The van der Waals surface area contributed by atoms with Gasteiger partial charge < -0.3 is 14.8 Å². The molecule has 0 atom stereocenters. The molecule has 0 fully saturated rings. The predicted molar refractivity (Wildman–Crippen MR) is 113 cm³/mol. The van der Waals surface area contributed by atoms with Gasteiger partial charge in [-0.3, -0.25) is 4.98 Å². The van der Waals surface area contributed by atoms with Gasteiger partial charge in [-0.1, -0.05) is 29.8 Å². The molecule has 0 radical (unpaired) electrons. The molecule has 3 aromatic rings. The number of carbonyl (C=O) groups is 1. The molecule has 6 nitrogen and oxygen atoms in total. The van der Waals surface area contributed by atoms with Gasteiger partial charge in [-0.2, -0.15) is 0 Å². The SMILES string of the molecule is COc1nc2ccccc2cc1Cc1cnc(CNC(=O)OC(C)(C)C)c(Cl)c1. The number of para-hydroxylation sites is 1. The van der Waals surface area contributed by atoms with Gasteiger partial charge in [0.05, 0.1) is 29.9 Å². The van der Waals surface area contributed by atoms with Crippen molar-refractivity contribution in [3.8, 4) is 5.88 Å². The van der Waals surface area contributed by atoms with Crippen molar-refractivity contribution in [3.05, 3.63) is 64.4 Å². The maximum Gasteiger partial charge on any atom is 0.407 e. The number of hydrogen-bond acceptors (Lipinski definition) is 5. The first-order valence-electron chi connectivity index (χ1n) is 9.28. The van der Waals surface area contributed by atoms with Crippen molar-refractivity contribution in [3.63, 3.8) is 0 Å². The summed E-state index contributed by atoms with van der Waals surface area (Å²) in [7, 11) is 1.61. The fourth-order valence-corrected chi connectivity index (χ4v) is 3.12. The number of fused-ring (bicyclic) bond motifs is 1. The molecule has 3 rings (SSSR count). The molecule has 0 bridgehead atoms. The molecular formula is C22H24ClN3O3. The van der Waals surface area contributed by atoms with Crippen molar-refractivity contribution >= 4 is 28.6 Å². The number of hydrogen-bond donors (Lipinski definition) is 1. The van der Waals surface area contributed by atoms with Crippen LogP contribution < -0.4 is 10.1 Å². The normalized spacial score (nSPS) is 11.3. The molecular weight excluding hydrogens is 390 g/mol. The van der Waals surface area contributed by atoms with Gasteiger partial charge in [0.25, 0.3) is 0 Å². The van der Waals surface area contributed by atoms with Crippen LogP contribution in [-0.4, -0.2) is 28.8 Å². The van der Waals surface area contributed by atoms with Gasteiger partial charge in [0.1, 0.15) is 5.60 Å². The first-order valence-corrected chi connectivity index (χ1v) is 9.66. The monoisotopic (exact) mass is 413 g/mol. The lowest BCUT2D eigenvalue weighted by Gasteiger charge is -2.19. The lowest BCUT2D eigenvalue weighted by atomic mass is 10.1. The van der Waals surface area contributed by atoms with Gasteiger partial charge in [-0.05, 0) is 44.5 Å². The zero-order chi connectivity index (χ0) is 21.0. The van der Waals surface area contributed by atoms with Crippen LogP contribution in [0.1, 0.15) is 37.6 Å². The topological polar surface area (TPSA) is 73.3 Å². The van der Waals surface area contributed by atoms with Crippen LogP contribution in [0.4, 0.5) is 4.79 Å². The molecule has 0 saturated heterocycles. The Balaban J connectivity index is 1.74. The minimum absolute atomic E-state index is 0.189. The van der Waals surface area contributed by atoms with Gasteiger partial charge in [-0.25, -0.2) is 9.78 Å². The third kappa shape index (κ3) is 5.57. The molecule has 1 aromatic carbocycles. The summed E-state index contributed by atoms with van der Waals surface area (Å²) in [4.78, 5) is 20.8. The van der Waals surface area contributed by atoms with E-state index < -0.39 is 11.7 Å². The van der Waals surface area contributed by atoms with E-state index in [2.05, 4.69) is 21.4 Å². The Bertz CT molecular complexity index is 1030. The number of ether oxygens (including phenoxy) is 2. The smallest absolute Gasteiger partial charge is 0.407 e. The molecule has 0 aliphatic carbocycles. The van der Waals surface area contributed by atoms with Crippen LogP contribution in [0.15, 0.2) is 42.6 Å². The fraction of sp³-hybridized carbons (Fsp3) is 0.318. The summed E-state index contributed by atoms with van der Waals surface area (Å²) >= 11 is 6.38. The molecule has 29 heavy (non-hydrogen) atoms. The summed E-state index contributed by atoms with van der Waals surface area (Å²) in [6, 6.07) is 11.8. The van der Waals surface area contributed by atoms with Crippen LogP contribution in [0.5, 0.6) is 5.88 Å². The average Bonchev–Trinajstić information content (AvgIpc) is 2.65. The minimum atomic E-state index is -0.557. The van der Waals surface area contributed by atoms with E-state index in [1.165, 1.54) is 0 Å². The Hall–Kier alpha value is -2.86. The van der Waals surface area contributed by atoms with Gasteiger partial charge in [-0.15, -0.1) is 0 Å². The molecule has 2 heterocycles. The fourth-order valence-electron chi connectivity index (χ4n) is 2.87. The lowest BCUT2D eigenvalue weighted by Crippen LogP contribution is -2.32. The van der Waals surface area contributed by atoms with Crippen molar-refractivity contribution in [1.82, 2.24) is 15.3 Å². The Labute approximate surface area is 175 Å². The van der Waals surface area contributed by atoms with Gasteiger partial charge in [0.2, 0.25) is 5.88 Å².